The minimum Gasteiger partial charge on any atom is -0.381 e. The number of thiophene rings is 1. The van der Waals surface area contributed by atoms with E-state index in [4.69, 9.17) is 4.74 Å². The molecule has 0 aliphatic carbocycles. The molecule has 0 bridgehead atoms. The zero-order valence-electron chi connectivity index (χ0n) is 15.8. The van der Waals surface area contributed by atoms with Gasteiger partial charge in [0.05, 0.1) is 0 Å². The van der Waals surface area contributed by atoms with E-state index in [1.165, 1.54) is 11.3 Å². The number of ether oxygens (including phenoxy) is 1. The first-order valence-corrected chi connectivity index (χ1v) is 12.0. The van der Waals surface area contributed by atoms with Gasteiger partial charge in [0.25, 0.3) is 10.0 Å². The fraction of sp³-hybridized carbons (Fsp3) is 0.722. The summed E-state index contributed by atoms with van der Waals surface area (Å²) in [5.74, 6) is 0. The van der Waals surface area contributed by atoms with Gasteiger partial charge in [-0.25, -0.2) is 13.2 Å². The quantitative estimate of drug-likeness (QED) is 0.774. The first kappa shape index (κ1) is 20.6. The highest BCUT2D eigenvalue weighted by atomic mass is 32.2. The number of sulfonamides is 1. The molecule has 3 rings (SSSR count). The van der Waals surface area contributed by atoms with Gasteiger partial charge in [-0.2, -0.15) is 4.31 Å². The Balaban J connectivity index is 1.67. The van der Waals surface area contributed by atoms with Crippen molar-refractivity contribution in [1.29, 1.82) is 0 Å². The molecule has 9 heteroatoms. The summed E-state index contributed by atoms with van der Waals surface area (Å²) in [7, 11) is -3.41. The molecule has 2 aliphatic heterocycles. The third kappa shape index (κ3) is 4.82. The molecule has 0 saturated carbocycles. The van der Waals surface area contributed by atoms with Crippen molar-refractivity contribution in [2.45, 2.75) is 55.3 Å². The van der Waals surface area contributed by atoms with Crippen molar-refractivity contribution in [3.63, 3.8) is 0 Å². The van der Waals surface area contributed by atoms with Gasteiger partial charge in [0, 0.05) is 44.9 Å². The lowest BCUT2D eigenvalue weighted by atomic mass is 9.99. The summed E-state index contributed by atoms with van der Waals surface area (Å²) in [5.41, 5.74) is 0. The largest absolute Gasteiger partial charge is 0.381 e. The first-order chi connectivity index (χ1) is 13.0. The van der Waals surface area contributed by atoms with Crippen LogP contribution in [0.3, 0.4) is 0 Å². The van der Waals surface area contributed by atoms with Crippen molar-refractivity contribution < 1.29 is 17.9 Å². The van der Waals surface area contributed by atoms with Gasteiger partial charge >= 0.3 is 6.03 Å². The molecule has 2 saturated heterocycles. The highest BCUT2D eigenvalue weighted by Gasteiger charge is 2.37. The van der Waals surface area contributed by atoms with Crippen LogP contribution in [0.1, 0.15) is 39.0 Å². The number of carbonyl (C=O) groups is 1. The van der Waals surface area contributed by atoms with Crippen LogP contribution in [0.2, 0.25) is 0 Å². The van der Waals surface area contributed by atoms with Gasteiger partial charge in [-0.05, 0) is 43.6 Å². The van der Waals surface area contributed by atoms with E-state index in [1.807, 2.05) is 11.8 Å². The summed E-state index contributed by atoms with van der Waals surface area (Å²) < 4.78 is 32.9. The smallest absolute Gasteiger partial charge is 0.317 e. The van der Waals surface area contributed by atoms with Crippen LogP contribution in [0.15, 0.2) is 21.7 Å². The van der Waals surface area contributed by atoms with Gasteiger partial charge in [0.1, 0.15) is 4.21 Å². The van der Waals surface area contributed by atoms with Crippen LogP contribution in [0.5, 0.6) is 0 Å². The molecule has 2 fully saturated rings. The van der Waals surface area contributed by atoms with E-state index in [0.717, 1.165) is 19.3 Å². The van der Waals surface area contributed by atoms with Crippen molar-refractivity contribution in [3.8, 4) is 0 Å². The summed E-state index contributed by atoms with van der Waals surface area (Å²) >= 11 is 1.25. The molecule has 2 aliphatic rings. The van der Waals surface area contributed by atoms with Crippen molar-refractivity contribution in [3.05, 3.63) is 17.5 Å². The average Bonchev–Trinajstić information content (AvgIpc) is 3.23. The second kappa shape index (κ2) is 9.36. The van der Waals surface area contributed by atoms with Crippen molar-refractivity contribution in [2.24, 2.45) is 0 Å². The van der Waals surface area contributed by atoms with Gasteiger partial charge in [-0.3, -0.25) is 0 Å². The maximum Gasteiger partial charge on any atom is 0.317 e. The van der Waals surface area contributed by atoms with E-state index in [0.29, 0.717) is 49.9 Å². The summed E-state index contributed by atoms with van der Waals surface area (Å²) in [4.78, 5) is 14.8. The van der Waals surface area contributed by atoms with Crippen LogP contribution in [-0.4, -0.2) is 68.6 Å². The van der Waals surface area contributed by atoms with Crippen LogP contribution in [-0.2, 0) is 14.8 Å². The molecule has 3 heterocycles. The molecule has 0 aromatic carbocycles. The zero-order chi connectivity index (χ0) is 19.3. The van der Waals surface area contributed by atoms with Gasteiger partial charge < -0.3 is 15.0 Å². The van der Waals surface area contributed by atoms with E-state index in [2.05, 4.69) is 5.32 Å². The second-order valence-corrected chi connectivity index (χ2v) is 10.2. The highest BCUT2D eigenvalue weighted by molar-refractivity contribution is 7.91. The van der Waals surface area contributed by atoms with E-state index in [-0.39, 0.29) is 18.1 Å². The monoisotopic (exact) mass is 415 g/mol. The van der Waals surface area contributed by atoms with Crippen molar-refractivity contribution in [1.82, 2.24) is 14.5 Å². The third-order valence-electron chi connectivity index (χ3n) is 5.25. The Morgan fingerprint density at radius 1 is 1.26 bits per heavy atom. The van der Waals surface area contributed by atoms with E-state index in [9.17, 15) is 13.2 Å². The van der Waals surface area contributed by atoms with E-state index < -0.39 is 10.0 Å². The molecule has 2 amide bonds. The summed E-state index contributed by atoms with van der Waals surface area (Å²) in [6, 6.07) is 3.62. The summed E-state index contributed by atoms with van der Waals surface area (Å²) in [6.45, 7) is 4.94. The minimum absolute atomic E-state index is 0.0247. The predicted octanol–water partition coefficient (Wildman–Crippen LogP) is 2.50. The van der Waals surface area contributed by atoms with Gasteiger partial charge in [0.15, 0.2) is 0 Å². The Kier molecular flexibility index (Phi) is 7.13. The topological polar surface area (TPSA) is 79.0 Å². The van der Waals surface area contributed by atoms with Crippen molar-refractivity contribution in [2.75, 3.05) is 32.8 Å². The summed E-state index contributed by atoms with van der Waals surface area (Å²) in [6.07, 6.45) is 3.91. The number of hydrogen-bond acceptors (Lipinski definition) is 5. The SMILES string of the molecule is CCCNC(=O)N(C1CCOCC1)C1CCN(S(=O)(=O)c2cccs2)CC1. The maximum absolute atomic E-state index is 12.8. The van der Waals surface area contributed by atoms with Crippen LogP contribution < -0.4 is 5.32 Å². The molecular weight excluding hydrogens is 386 g/mol. The standard InChI is InChI=1S/C18H29N3O4S2/c1-2-9-19-18(22)21(16-7-12-25-13-8-16)15-5-10-20(11-6-15)27(23,24)17-4-3-14-26-17/h3-4,14-16H,2,5-13H2,1H3,(H,19,22). The molecule has 0 spiro atoms. The predicted molar refractivity (Wildman–Crippen MR) is 105 cm³/mol. The lowest BCUT2D eigenvalue weighted by Gasteiger charge is -2.43. The number of piperidine rings is 1. The number of nitrogens with one attached hydrogen (secondary N) is 1. The Hall–Kier alpha value is -1.16. The number of hydrogen-bond donors (Lipinski definition) is 1. The number of amides is 2. The molecule has 0 atom stereocenters. The molecule has 152 valence electrons. The number of rotatable bonds is 6. The van der Waals surface area contributed by atoms with Gasteiger partial charge in [-0.1, -0.05) is 13.0 Å². The first-order valence-electron chi connectivity index (χ1n) is 9.71. The molecule has 0 radical (unpaired) electrons. The minimum atomic E-state index is -3.41. The van der Waals surface area contributed by atoms with Crippen LogP contribution >= 0.6 is 11.3 Å². The number of nitrogens with zero attached hydrogens (tertiary/aromatic N) is 2. The van der Waals surface area contributed by atoms with E-state index in [1.54, 1.807) is 21.8 Å². The Labute approximate surface area is 165 Å². The average molecular weight is 416 g/mol. The Morgan fingerprint density at radius 3 is 2.52 bits per heavy atom. The van der Waals surface area contributed by atoms with E-state index >= 15 is 0 Å². The van der Waals surface area contributed by atoms with Crippen molar-refractivity contribution >= 4 is 27.4 Å². The molecule has 1 aromatic heterocycles. The van der Waals surface area contributed by atoms with Crippen LogP contribution in [0.4, 0.5) is 4.79 Å². The number of carbonyl (C=O) groups excluding carboxylic acids is 1. The highest BCUT2D eigenvalue weighted by Crippen LogP contribution is 2.28. The molecule has 1 aromatic rings. The molecule has 7 nitrogen and oxygen atoms in total. The van der Waals surface area contributed by atoms with Gasteiger partial charge in [0.2, 0.25) is 0 Å². The molecular formula is C18H29N3O4S2. The second-order valence-electron chi connectivity index (χ2n) is 7.05. The summed E-state index contributed by atoms with van der Waals surface area (Å²) in [5, 5.41) is 4.79. The maximum atomic E-state index is 12.8. The Morgan fingerprint density at radius 2 is 1.93 bits per heavy atom. The fourth-order valence-electron chi connectivity index (χ4n) is 3.81. The zero-order valence-corrected chi connectivity index (χ0v) is 17.4. The molecule has 0 unspecified atom stereocenters. The third-order valence-corrected chi connectivity index (χ3v) is 8.52. The Bertz CT molecular complexity index is 694. The lowest BCUT2D eigenvalue weighted by molar-refractivity contribution is 0.0255. The molecule has 1 N–H and O–H groups in total. The van der Waals surface area contributed by atoms with Crippen LogP contribution in [0.25, 0.3) is 0 Å². The number of urea groups is 1. The lowest BCUT2D eigenvalue weighted by Crippen LogP contribution is -2.56. The normalized spacial score (nSPS) is 20.5. The fourth-order valence-corrected chi connectivity index (χ4v) is 6.43. The van der Waals surface area contributed by atoms with Crippen LogP contribution in [0, 0.1) is 0 Å². The molecule has 27 heavy (non-hydrogen) atoms. The van der Waals surface area contributed by atoms with Gasteiger partial charge in [-0.15, -0.1) is 11.3 Å².